The van der Waals surface area contributed by atoms with Crippen LogP contribution in [0.15, 0.2) is 12.2 Å². The number of unbranched alkanes of at least 4 members (excludes halogenated alkanes) is 35. The van der Waals surface area contributed by atoms with Crippen LogP contribution in [0, 0.1) is 0 Å². The summed E-state index contributed by atoms with van der Waals surface area (Å²) in [4.78, 5) is 37.3. The van der Waals surface area contributed by atoms with Gasteiger partial charge in [-0.25, -0.2) is 4.57 Å². The van der Waals surface area contributed by atoms with Crippen molar-refractivity contribution in [3.8, 4) is 0 Å². The van der Waals surface area contributed by atoms with Gasteiger partial charge >= 0.3 is 19.8 Å². The molecule has 0 aliphatic carbocycles. The highest BCUT2D eigenvalue weighted by molar-refractivity contribution is 7.47. The summed E-state index contributed by atoms with van der Waals surface area (Å²) in [5, 5.41) is 0. The number of rotatable bonds is 51. The number of phosphoric acid groups is 1. The summed E-state index contributed by atoms with van der Waals surface area (Å²) in [6, 6.07) is 0. The monoisotopic (exact) mass is 914 g/mol. The molecule has 0 radical (unpaired) electrons. The van der Waals surface area contributed by atoms with Crippen molar-refractivity contribution in [2.75, 3.05) is 40.5 Å². The van der Waals surface area contributed by atoms with E-state index in [4.69, 9.17) is 18.5 Å². The number of likely N-dealkylation sites (N-methyl/N-ethyl adjacent to an activating group) is 1. The van der Waals surface area contributed by atoms with Crippen molar-refractivity contribution < 1.29 is 37.6 Å². The summed E-state index contributed by atoms with van der Waals surface area (Å²) < 4.78 is 33.7. The number of carbonyl (C=O) groups excluding carboxylic acids is 2. The first kappa shape index (κ1) is 61.8. The van der Waals surface area contributed by atoms with Gasteiger partial charge < -0.3 is 19.3 Å². The molecule has 0 amide bonds. The molecule has 0 rings (SSSR count). The molecule has 0 spiro atoms. The van der Waals surface area contributed by atoms with Crippen LogP contribution < -0.4 is 0 Å². The smallest absolute Gasteiger partial charge is 0.462 e. The molecular weight excluding hydrogens is 810 g/mol. The van der Waals surface area contributed by atoms with Crippen molar-refractivity contribution in [2.24, 2.45) is 0 Å². The van der Waals surface area contributed by atoms with E-state index in [0.717, 1.165) is 32.1 Å². The van der Waals surface area contributed by atoms with Crippen molar-refractivity contribution >= 4 is 19.8 Å². The minimum absolute atomic E-state index is 0.0112. The Morgan fingerprint density at radius 3 is 1.17 bits per heavy atom. The molecule has 0 aliphatic heterocycles. The first-order valence-electron chi connectivity index (χ1n) is 27.0. The van der Waals surface area contributed by atoms with E-state index >= 15 is 0 Å². The molecule has 0 aromatic heterocycles. The van der Waals surface area contributed by atoms with Gasteiger partial charge in [0, 0.05) is 19.4 Å². The zero-order valence-corrected chi connectivity index (χ0v) is 42.9. The lowest BCUT2D eigenvalue weighted by Crippen LogP contribution is -2.29. The normalized spacial score (nSPS) is 13.2. The number of esters is 2. The van der Waals surface area contributed by atoms with E-state index in [0.29, 0.717) is 19.4 Å². The van der Waals surface area contributed by atoms with Gasteiger partial charge in [-0.05, 0) is 52.6 Å². The molecule has 2 atom stereocenters. The van der Waals surface area contributed by atoms with E-state index in [1.807, 2.05) is 19.0 Å². The van der Waals surface area contributed by atoms with Crippen LogP contribution in [0.1, 0.15) is 271 Å². The Kier molecular flexibility index (Phi) is 47.7. The number of carbonyl (C=O) groups is 2. The van der Waals surface area contributed by atoms with Crippen LogP contribution in [0.2, 0.25) is 0 Å². The van der Waals surface area contributed by atoms with Crippen molar-refractivity contribution in [1.29, 1.82) is 0 Å². The van der Waals surface area contributed by atoms with Gasteiger partial charge in [0.25, 0.3) is 0 Å². The SMILES string of the molecule is CCCCCCCC/C=C\CCCCCCCCCCCCCC(=O)OCC(COP(=O)(O)OCCN(C)C)OC(=O)CCCCCCCCCCCCCCCCCCCCC. The maximum absolute atomic E-state index is 12.7. The number of allylic oxidation sites excluding steroid dienone is 2. The van der Waals surface area contributed by atoms with Gasteiger partial charge in [0.05, 0.1) is 13.2 Å². The number of hydrogen-bond acceptors (Lipinski definition) is 8. The van der Waals surface area contributed by atoms with E-state index < -0.39 is 26.5 Å². The Morgan fingerprint density at radius 2 is 0.810 bits per heavy atom. The molecule has 0 fully saturated rings. The highest BCUT2D eigenvalue weighted by Gasteiger charge is 2.26. The van der Waals surface area contributed by atoms with Gasteiger partial charge in [0.1, 0.15) is 6.61 Å². The molecule has 0 aromatic rings. The third kappa shape index (κ3) is 50.0. The summed E-state index contributed by atoms with van der Waals surface area (Å²) in [5.41, 5.74) is 0. The van der Waals surface area contributed by atoms with E-state index in [9.17, 15) is 19.0 Å². The summed E-state index contributed by atoms with van der Waals surface area (Å²) in [7, 11) is -0.700. The van der Waals surface area contributed by atoms with Crippen LogP contribution in [-0.4, -0.2) is 68.3 Å². The first-order valence-corrected chi connectivity index (χ1v) is 28.5. The lowest BCUT2D eigenvalue weighted by atomic mass is 10.0. The quantitative estimate of drug-likeness (QED) is 0.0276. The largest absolute Gasteiger partial charge is 0.472 e. The van der Waals surface area contributed by atoms with Gasteiger partial charge in [-0.2, -0.15) is 0 Å². The van der Waals surface area contributed by atoms with Crippen LogP contribution in [-0.2, 0) is 32.7 Å². The highest BCUT2D eigenvalue weighted by atomic mass is 31.2. The molecule has 0 aromatic carbocycles. The number of nitrogens with zero attached hydrogens (tertiary/aromatic N) is 1. The third-order valence-electron chi connectivity index (χ3n) is 12.1. The van der Waals surface area contributed by atoms with E-state index in [1.54, 1.807) is 0 Å². The minimum Gasteiger partial charge on any atom is -0.462 e. The fraction of sp³-hybridized carbons (Fsp3) is 0.925. The lowest BCUT2D eigenvalue weighted by molar-refractivity contribution is -0.161. The summed E-state index contributed by atoms with van der Waals surface area (Å²) in [5.74, 6) is -0.785. The number of phosphoric ester groups is 1. The first-order chi connectivity index (χ1) is 30.7. The molecule has 0 heterocycles. The molecule has 2 unspecified atom stereocenters. The van der Waals surface area contributed by atoms with Gasteiger partial charge in [0.15, 0.2) is 6.10 Å². The fourth-order valence-electron chi connectivity index (χ4n) is 7.92. The highest BCUT2D eigenvalue weighted by Crippen LogP contribution is 2.43. The predicted octanol–water partition coefficient (Wildman–Crippen LogP) is 16.3. The molecule has 0 aliphatic rings. The Bertz CT molecular complexity index is 1060. The molecule has 63 heavy (non-hydrogen) atoms. The Balaban J connectivity index is 4.11. The Hall–Kier alpha value is -1.25. The molecule has 374 valence electrons. The van der Waals surface area contributed by atoms with Crippen molar-refractivity contribution in [3.63, 3.8) is 0 Å². The maximum Gasteiger partial charge on any atom is 0.472 e. The average Bonchev–Trinajstić information content (AvgIpc) is 3.25. The topological polar surface area (TPSA) is 112 Å². The maximum atomic E-state index is 12.7. The van der Waals surface area contributed by atoms with Gasteiger partial charge in [-0.15, -0.1) is 0 Å². The summed E-state index contributed by atoms with van der Waals surface area (Å²) in [6.07, 6.45) is 52.6. The fourth-order valence-corrected chi connectivity index (χ4v) is 8.66. The zero-order valence-electron chi connectivity index (χ0n) is 42.0. The predicted molar refractivity (Wildman–Crippen MR) is 266 cm³/mol. The van der Waals surface area contributed by atoms with Crippen LogP contribution in [0.3, 0.4) is 0 Å². The van der Waals surface area contributed by atoms with Crippen molar-refractivity contribution in [3.05, 3.63) is 12.2 Å². The zero-order chi connectivity index (χ0) is 46.2. The Labute approximate surface area is 390 Å². The molecule has 10 heteroatoms. The van der Waals surface area contributed by atoms with Crippen LogP contribution in [0.4, 0.5) is 0 Å². The molecule has 9 nitrogen and oxygen atoms in total. The standard InChI is InChI=1S/C53H104NO8P/c1-5-7-9-11-13-15-17-19-21-23-25-26-28-29-31-33-35-37-39-41-43-45-52(55)59-49-51(50-61-63(57,58)60-48-47-54(3)4)62-53(56)46-44-42-40-38-36-34-32-30-27-24-22-20-18-16-14-12-10-8-6-2/h19,21,51H,5-18,20,22-50H2,1-4H3,(H,57,58)/b21-19-. The van der Waals surface area contributed by atoms with Gasteiger partial charge in [-0.1, -0.05) is 231 Å². The van der Waals surface area contributed by atoms with Crippen molar-refractivity contribution in [1.82, 2.24) is 4.90 Å². The van der Waals surface area contributed by atoms with E-state index in [1.165, 1.54) is 205 Å². The molecular formula is C53H104NO8P. The van der Waals surface area contributed by atoms with Crippen molar-refractivity contribution in [2.45, 2.75) is 277 Å². The number of ether oxygens (including phenoxy) is 2. The minimum atomic E-state index is -4.36. The lowest BCUT2D eigenvalue weighted by Gasteiger charge is -2.20. The summed E-state index contributed by atoms with van der Waals surface area (Å²) >= 11 is 0. The molecule has 0 bridgehead atoms. The second-order valence-electron chi connectivity index (χ2n) is 18.8. The third-order valence-corrected chi connectivity index (χ3v) is 13.1. The Morgan fingerprint density at radius 1 is 0.476 bits per heavy atom. The van der Waals surface area contributed by atoms with Crippen LogP contribution >= 0.6 is 7.82 Å². The second kappa shape index (κ2) is 48.7. The molecule has 0 saturated carbocycles. The van der Waals surface area contributed by atoms with Crippen LogP contribution in [0.5, 0.6) is 0 Å². The molecule has 1 N–H and O–H groups in total. The van der Waals surface area contributed by atoms with Gasteiger partial charge in [-0.3, -0.25) is 18.6 Å². The van der Waals surface area contributed by atoms with E-state index in [2.05, 4.69) is 26.0 Å². The van der Waals surface area contributed by atoms with E-state index in [-0.39, 0.29) is 25.6 Å². The average molecular weight is 914 g/mol. The van der Waals surface area contributed by atoms with Gasteiger partial charge in [0.2, 0.25) is 0 Å². The second-order valence-corrected chi connectivity index (χ2v) is 20.2. The number of hydrogen-bond donors (Lipinski definition) is 1. The molecule has 0 saturated heterocycles. The summed E-state index contributed by atoms with van der Waals surface area (Å²) in [6.45, 7) is 4.38. The van der Waals surface area contributed by atoms with Crippen LogP contribution in [0.25, 0.3) is 0 Å².